The summed E-state index contributed by atoms with van der Waals surface area (Å²) in [5.41, 5.74) is 2.80. The van der Waals surface area contributed by atoms with Crippen LogP contribution in [0.2, 0.25) is 0 Å². The summed E-state index contributed by atoms with van der Waals surface area (Å²) in [6.45, 7) is 0. The molecule has 1 atom stereocenters. The van der Waals surface area contributed by atoms with Crippen molar-refractivity contribution >= 4 is 23.5 Å². The molecule has 2 aliphatic rings. The molecule has 2 aromatic rings. The monoisotopic (exact) mass is 360 g/mol. The molecule has 134 valence electrons. The Hall–Kier alpha value is -3.66. The third kappa shape index (κ3) is 3.02. The maximum absolute atomic E-state index is 12.4. The van der Waals surface area contributed by atoms with Crippen LogP contribution in [0.15, 0.2) is 42.5 Å². The fourth-order valence-corrected chi connectivity index (χ4v) is 3.60. The number of hydrogen-bond donors (Lipinski definition) is 3. The first-order chi connectivity index (χ1) is 13.0. The number of hydrogen-bond acceptors (Lipinski definition) is 4. The molecule has 3 N–H and O–H groups in total. The van der Waals surface area contributed by atoms with Crippen molar-refractivity contribution < 1.29 is 14.4 Å². The minimum absolute atomic E-state index is 0.255. The van der Waals surface area contributed by atoms with Crippen LogP contribution in [0.5, 0.6) is 0 Å². The molecule has 1 aliphatic heterocycles. The Morgan fingerprint density at radius 2 is 1.89 bits per heavy atom. The Balaban J connectivity index is 1.51. The number of nitrogens with one attached hydrogen (secondary N) is 3. The molecule has 7 nitrogen and oxygen atoms in total. The van der Waals surface area contributed by atoms with E-state index in [1.165, 1.54) is 0 Å². The highest BCUT2D eigenvalue weighted by atomic mass is 16.2. The van der Waals surface area contributed by atoms with Crippen molar-refractivity contribution in [2.45, 2.75) is 24.8 Å². The Labute approximate surface area is 155 Å². The highest BCUT2D eigenvalue weighted by Crippen LogP contribution is 2.32. The van der Waals surface area contributed by atoms with E-state index < -0.39 is 11.6 Å². The zero-order valence-corrected chi connectivity index (χ0v) is 14.3. The predicted molar refractivity (Wildman–Crippen MR) is 97.0 cm³/mol. The number of nitriles is 1. The molecular weight excluding hydrogens is 344 g/mol. The first kappa shape index (κ1) is 16.8. The summed E-state index contributed by atoms with van der Waals surface area (Å²) in [6.07, 6.45) is 1.58. The van der Waals surface area contributed by atoms with Gasteiger partial charge in [-0.3, -0.25) is 14.9 Å². The van der Waals surface area contributed by atoms with Crippen LogP contribution >= 0.6 is 0 Å². The molecule has 1 aliphatic carbocycles. The number of urea groups is 1. The van der Waals surface area contributed by atoms with Crippen molar-refractivity contribution in [1.82, 2.24) is 10.6 Å². The lowest BCUT2D eigenvalue weighted by Crippen LogP contribution is -2.51. The normalized spacial score (nSPS) is 20.4. The molecule has 1 spiro atoms. The van der Waals surface area contributed by atoms with Gasteiger partial charge in [0.2, 0.25) is 0 Å². The van der Waals surface area contributed by atoms with E-state index in [1.54, 1.807) is 30.3 Å². The molecule has 1 unspecified atom stereocenters. The van der Waals surface area contributed by atoms with Crippen LogP contribution in [0.25, 0.3) is 0 Å². The predicted octanol–water partition coefficient (Wildman–Crippen LogP) is 1.88. The summed E-state index contributed by atoms with van der Waals surface area (Å²) in [6, 6.07) is 13.5. The third-order valence-corrected chi connectivity index (χ3v) is 5.07. The van der Waals surface area contributed by atoms with Gasteiger partial charge in [-0.2, -0.15) is 5.26 Å². The minimum atomic E-state index is -0.864. The standard InChI is InChI=1S/C20H16N4O3/c21-11-12-1-3-13(4-2-12)17(25)22-16-6-5-15-10-20(8-7-14(15)9-16)18(26)23-19(27)24-20/h1-6,9H,7-8,10H2,(H,22,25)(H2,23,24,26,27). The molecule has 7 heteroatoms. The average molecular weight is 360 g/mol. The quantitative estimate of drug-likeness (QED) is 0.710. The molecule has 1 fully saturated rings. The second-order valence-electron chi connectivity index (χ2n) is 6.79. The zero-order chi connectivity index (χ0) is 19.0. The van der Waals surface area contributed by atoms with Gasteiger partial charge in [0.25, 0.3) is 11.8 Å². The number of carbonyl (C=O) groups is 3. The van der Waals surface area contributed by atoms with Gasteiger partial charge in [-0.1, -0.05) is 6.07 Å². The number of anilines is 1. The molecule has 0 aromatic heterocycles. The Bertz CT molecular complexity index is 1010. The van der Waals surface area contributed by atoms with Gasteiger partial charge in [0.05, 0.1) is 11.6 Å². The maximum atomic E-state index is 12.4. The minimum Gasteiger partial charge on any atom is -0.323 e. The van der Waals surface area contributed by atoms with Crippen molar-refractivity contribution in [2.75, 3.05) is 5.32 Å². The second-order valence-corrected chi connectivity index (χ2v) is 6.79. The molecule has 4 rings (SSSR count). The van der Waals surface area contributed by atoms with Gasteiger partial charge in [-0.05, 0) is 60.4 Å². The summed E-state index contributed by atoms with van der Waals surface area (Å²) >= 11 is 0. The second kappa shape index (κ2) is 6.25. The fourth-order valence-electron chi connectivity index (χ4n) is 3.60. The number of benzene rings is 2. The maximum Gasteiger partial charge on any atom is 0.322 e. The Kier molecular flexibility index (Phi) is 3.89. The van der Waals surface area contributed by atoms with Crippen LogP contribution in [0, 0.1) is 11.3 Å². The van der Waals surface area contributed by atoms with E-state index in [4.69, 9.17) is 5.26 Å². The Morgan fingerprint density at radius 3 is 2.56 bits per heavy atom. The molecular formula is C20H16N4O3. The molecule has 4 amide bonds. The molecule has 0 radical (unpaired) electrons. The highest BCUT2D eigenvalue weighted by molar-refractivity contribution is 6.07. The van der Waals surface area contributed by atoms with E-state index in [2.05, 4.69) is 16.0 Å². The van der Waals surface area contributed by atoms with E-state index in [0.29, 0.717) is 36.1 Å². The van der Waals surface area contributed by atoms with Crippen molar-refractivity contribution in [3.8, 4) is 6.07 Å². The lowest BCUT2D eigenvalue weighted by molar-refractivity contribution is -0.124. The molecule has 27 heavy (non-hydrogen) atoms. The highest BCUT2D eigenvalue weighted by Gasteiger charge is 2.47. The average Bonchev–Trinajstić information content (AvgIpc) is 2.94. The van der Waals surface area contributed by atoms with E-state index in [1.807, 2.05) is 18.2 Å². The van der Waals surface area contributed by atoms with E-state index in [9.17, 15) is 14.4 Å². The fraction of sp³-hybridized carbons (Fsp3) is 0.200. The van der Waals surface area contributed by atoms with Gasteiger partial charge in [0.1, 0.15) is 5.54 Å². The lowest BCUT2D eigenvalue weighted by atomic mass is 9.78. The third-order valence-electron chi connectivity index (χ3n) is 5.07. The number of nitrogens with zero attached hydrogens (tertiary/aromatic N) is 1. The number of rotatable bonds is 2. The zero-order valence-electron chi connectivity index (χ0n) is 14.3. The van der Waals surface area contributed by atoms with Crippen LogP contribution in [-0.2, 0) is 17.6 Å². The van der Waals surface area contributed by atoms with E-state index in [-0.39, 0.29) is 11.8 Å². The van der Waals surface area contributed by atoms with Gasteiger partial charge < -0.3 is 10.6 Å². The number of imide groups is 1. The molecule has 1 heterocycles. The van der Waals surface area contributed by atoms with Crippen LogP contribution < -0.4 is 16.0 Å². The number of aryl methyl sites for hydroxylation is 1. The van der Waals surface area contributed by atoms with Crippen molar-refractivity contribution in [3.63, 3.8) is 0 Å². The smallest absolute Gasteiger partial charge is 0.322 e. The summed E-state index contributed by atoms with van der Waals surface area (Å²) in [5.74, 6) is -0.537. The van der Waals surface area contributed by atoms with Crippen LogP contribution in [0.3, 0.4) is 0 Å². The molecule has 1 saturated heterocycles. The molecule has 2 aromatic carbocycles. The lowest BCUT2D eigenvalue weighted by Gasteiger charge is -2.32. The van der Waals surface area contributed by atoms with Gasteiger partial charge in [-0.25, -0.2) is 4.79 Å². The number of carbonyl (C=O) groups excluding carboxylic acids is 3. The summed E-state index contributed by atoms with van der Waals surface area (Å²) in [7, 11) is 0. The number of amides is 4. The molecule has 0 saturated carbocycles. The SMILES string of the molecule is N#Cc1ccc(C(=O)Nc2ccc3c(c2)CCC2(C3)NC(=O)NC2=O)cc1. The van der Waals surface area contributed by atoms with Crippen molar-refractivity contribution in [2.24, 2.45) is 0 Å². The summed E-state index contributed by atoms with van der Waals surface area (Å²) in [4.78, 5) is 36.0. The number of fused-ring (bicyclic) bond motifs is 1. The van der Waals surface area contributed by atoms with Crippen molar-refractivity contribution in [1.29, 1.82) is 5.26 Å². The van der Waals surface area contributed by atoms with E-state index >= 15 is 0 Å². The first-order valence-electron chi connectivity index (χ1n) is 8.56. The van der Waals surface area contributed by atoms with Gasteiger partial charge in [0, 0.05) is 17.7 Å². The van der Waals surface area contributed by atoms with Crippen LogP contribution in [-0.4, -0.2) is 23.4 Å². The Morgan fingerprint density at radius 1 is 1.11 bits per heavy atom. The van der Waals surface area contributed by atoms with Crippen molar-refractivity contribution in [3.05, 3.63) is 64.7 Å². The summed E-state index contributed by atoms with van der Waals surface area (Å²) < 4.78 is 0. The molecule has 0 bridgehead atoms. The largest absolute Gasteiger partial charge is 0.323 e. The van der Waals surface area contributed by atoms with Crippen LogP contribution in [0.4, 0.5) is 10.5 Å². The van der Waals surface area contributed by atoms with Gasteiger partial charge >= 0.3 is 6.03 Å². The van der Waals surface area contributed by atoms with Gasteiger partial charge in [-0.15, -0.1) is 0 Å². The first-order valence-corrected chi connectivity index (χ1v) is 8.56. The van der Waals surface area contributed by atoms with Crippen LogP contribution in [0.1, 0.15) is 33.5 Å². The summed E-state index contributed by atoms with van der Waals surface area (Å²) in [5, 5.41) is 16.7. The van der Waals surface area contributed by atoms with Gasteiger partial charge in [0.15, 0.2) is 0 Å². The topological polar surface area (TPSA) is 111 Å². The van der Waals surface area contributed by atoms with E-state index in [0.717, 1.165) is 11.1 Å².